The lowest BCUT2D eigenvalue weighted by Gasteiger charge is -2.24. The zero-order valence-electron chi connectivity index (χ0n) is 10.6. The summed E-state index contributed by atoms with van der Waals surface area (Å²) in [6.45, 7) is 7.18. The summed E-state index contributed by atoms with van der Waals surface area (Å²) in [5, 5.41) is 14.6. The number of thiophene rings is 1. The van der Waals surface area contributed by atoms with Crippen molar-refractivity contribution < 1.29 is 14.6 Å². The Bertz CT molecular complexity index is 366. The molecule has 0 saturated carbocycles. The van der Waals surface area contributed by atoms with Crippen molar-refractivity contribution in [3.63, 3.8) is 0 Å². The quantitative estimate of drug-likeness (QED) is 0.874. The fraction of sp³-hybridized carbons (Fsp3) is 0.583. The van der Waals surface area contributed by atoms with E-state index in [2.05, 4.69) is 5.32 Å². The van der Waals surface area contributed by atoms with Gasteiger partial charge in [-0.15, -0.1) is 11.3 Å². The molecular weight excluding hydrogens is 238 g/mol. The van der Waals surface area contributed by atoms with Crippen LogP contribution in [0.15, 0.2) is 17.5 Å². The molecule has 0 aliphatic heterocycles. The molecule has 1 rings (SSSR count). The van der Waals surface area contributed by atoms with Gasteiger partial charge in [-0.3, -0.25) is 0 Å². The van der Waals surface area contributed by atoms with Gasteiger partial charge in [0.15, 0.2) is 0 Å². The van der Waals surface area contributed by atoms with Gasteiger partial charge in [0.25, 0.3) is 0 Å². The highest BCUT2D eigenvalue weighted by Gasteiger charge is 2.26. The summed E-state index contributed by atoms with van der Waals surface area (Å²) >= 11 is 1.45. The van der Waals surface area contributed by atoms with Crippen LogP contribution in [0.25, 0.3) is 0 Å². The van der Waals surface area contributed by atoms with Crippen LogP contribution in [-0.4, -0.2) is 23.3 Å². The molecule has 4 nitrogen and oxygen atoms in total. The molecule has 0 bridgehead atoms. The Morgan fingerprint density at radius 1 is 1.47 bits per heavy atom. The molecule has 1 atom stereocenters. The van der Waals surface area contributed by atoms with Gasteiger partial charge in [-0.1, -0.05) is 6.07 Å². The second kappa shape index (κ2) is 5.06. The third-order valence-electron chi connectivity index (χ3n) is 2.03. The molecule has 0 fully saturated rings. The van der Waals surface area contributed by atoms with Gasteiger partial charge in [-0.25, -0.2) is 4.79 Å². The Labute approximate surface area is 106 Å². The second-order valence-corrected chi connectivity index (χ2v) is 6.05. The average Bonchev–Trinajstić information content (AvgIpc) is 2.65. The fourth-order valence-electron chi connectivity index (χ4n) is 1.23. The second-order valence-electron chi connectivity index (χ2n) is 5.11. The van der Waals surface area contributed by atoms with Crippen LogP contribution in [-0.2, 0) is 10.3 Å². The van der Waals surface area contributed by atoms with E-state index >= 15 is 0 Å². The molecule has 0 saturated heterocycles. The van der Waals surface area contributed by atoms with E-state index in [1.807, 2.05) is 17.5 Å². The first kappa shape index (κ1) is 14.0. The number of nitrogens with one attached hydrogen (secondary N) is 1. The van der Waals surface area contributed by atoms with Crippen LogP contribution in [0.3, 0.4) is 0 Å². The summed E-state index contributed by atoms with van der Waals surface area (Å²) in [6.07, 6.45) is -0.519. The minimum absolute atomic E-state index is 0.127. The molecule has 1 heterocycles. The van der Waals surface area contributed by atoms with Crippen LogP contribution in [0.5, 0.6) is 0 Å². The predicted octanol–water partition coefficient (Wildman–Crippen LogP) is 2.48. The van der Waals surface area contributed by atoms with Gasteiger partial charge >= 0.3 is 6.09 Å². The van der Waals surface area contributed by atoms with E-state index in [1.165, 1.54) is 11.3 Å². The number of amides is 1. The van der Waals surface area contributed by atoms with Gasteiger partial charge in [0.2, 0.25) is 0 Å². The Kier molecular flexibility index (Phi) is 4.16. The normalized spacial score (nSPS) is 15.1. The number of alkyl carbamates (subject to hydrolysis) is 1. The van der Waals surface area contributed by atoms with Crippen LogP contribution < -0.4 is 5.32 Å². The van der Waals surface area contributed by atoms with Crippen molar-refractivity contribution >= 4 is 17.4 Å². The molecule has 17 heavy (non-hydrogen) atoms. The molecule has 0 aliphatic rings. The van der Waals surface area contributed by atoms with Gasteiger partial charge in [-0.2, -0.15) is 0 Å². The Balaban J connectivity index is 2.48. The van der Waals surface area contributed by atoms with Crippen molar-refractivity contribution in [2.45, 2.75) is 38.9 Å². The number of aliphatic hydroxyl groups is 1. The topological polar surface area (TPSA) is 58.6 Å². The highest BCUT2D eigenvalue weighted by atomic mass is 32.1. The SMILES string of the molecule is CC(C)(C)OC(=O)NCC(C)(O)c1cccs1. The van der Waals surface area contributed by atoms with Gasteiger partial charge < -0.3 is 15.2 Å². The van der Waals surface area contributed by atoms with E-state index in [1.54, 1.807) is 27.7 Å². The number of carbonyl (C=O) groups excluding carboxylic acids is 1. The van der Waals surface area contributed by atoms with Gasteiger partial charge in [0.05, 0.1) is 6.54 Å². The summed E-state index contributed by atoms with van der Waals surface area (Å²) in [7, 11) is 0. The Hall–Kier alpha value is -1.07. The van der Waals surface area contributed by atoms with Crippen LogP contribution >= 0.6 is 11.3 Å². The molecular formula is C12H19NO3S. The monoisotopic (exact) mass is 257 g/mol. The number of carbonyl (C=O) groups is 1. The highest BCUT2D eigenvalue weighted by Crippen LogP contribution is 2.24. The minimum Gasteiger partial charge on any atom is -0.444 e. The van der Waals surface area contributed by atoms with Gasteiger partial charge in [-0.05, 0) is 39.1 Å². The average molecular weight is 257 g/mol. The highest BCUT2D eigenvalue weighted by molar-refractivity contribution is 7.10. The fourth-order valence-corrected chi connectivity index (χ4v) is 2.02. The van der Waals surface area contributed by atoms with E-state index in [9.17, 15) is 9.90 Å². The molecule has 0 aliphatic carbocycles. The summed E-state index contributed by atoms with van der Waals surface area (Å²) < 4.78 is 5.09. The van der Waals surface area contributed by atoms with Crippen molar-refractivity contribution in [3.05, 3.63) is 22.4 Å². The van der Waals surface area contributed by atoms with Crippen molar-refractivity contribution in [1.29, 1.82) is 0 Å². The summed E-state index contributed by atoms with van der Waals surface area (Å²) in [5.74, 6) is 0. The molecule has 1 unspecified atom stereocenters. The standard InChI is InChI=1S/C12H19NO3S/c1-11(2,3)16-10(14)13-8-12(4,15)9-6-5-7-17-9/h5-7,15H,8H2,1-4H3,(H,13,14). The Morgan fingerprint density at radius 2 is 2.12 bits per heavy atom. The van der Waals surface area contributed by atoms with Crippen LogP contribution in [0, 0.1) is 0 Å². The minimum atomic E-state index is -1.06. The maximum absolute atomic E-state index is 11.4. The summed E-state index contributed by atoms with van der Waals surface area (Å²) in [4.78, 5) is 12.2. The van der Waals surface area contributed by atoms with E-state index < -0.39 is 17.3 Å². The Morgan fingerprint density at radius 3 is 2.59 bits per heavy atom. The lowest BCUT2D eigenvalue weighted by Crippen LogP contribution is -2.40. The largest absolute Gasteiger partial charge is 0.444 e. The molecule has 2 N–H and O–H groups in total. The van der Waals surface area contributed by atoms with E-state index in [0.717, 1.165) is 4.88 Å². The third kappa shape index (κ3) is 4.75. The maximum atomic E-state index is 11.4. The number of hydrogen-bond donors (Lipinski definition) is 2. The molecule has 96 valence electrons. The lowest BCUT2D eigenvalue weighted by atomic mass is 10.1. The molecule has 0 aromatic carbocycles. The van der Waals surface area contributed by atoms with Crippen LogP contribution in [0.2, 0.25) is 0 Å². The summed E-state index contributed by atoms with van der Waals surface area (Å²) in [5.41, 5.74) is -1.59. The smallest absolute Gasteiger partial charge is 0.407 e. The summed E-state index contributed by atoms with van der Waals surface area (Å²) in [6, 6.07) is 3.70. The predicted molar refractivity (Wildman–Crippen MR) is 68.1 cm³/mol. The number of hydrogen-bond acceptors (Lipinski definition) is 4. The first-order valence-corrected chi connectivity index (χ1v) is 6.32. The van der Waals surface area contributed by atoms with Crippen molar-refractivity contribution in [2.75, 3.05) is 6.54 Å². The van der Waals surface area contributed by atoms with Crippen molar-refractivity contribution in [2.24, 2.45) is 0 Å². The zero-order chi connectivity index (χ0) is 13.1. The molecule has 5 heteroatoms. The van der Waals surface area contributed by atoms with Crippen molar-refractivity contribution in [1.82, 2.24) is 5.32 Å². The zero-order valence-corrected chi connectivity index (χ0v) is 11.4. The maximum Gasteiger partial charge on any atom is 0.407 e. The first-order chi connectivity index (χ1) is 7.71. The van der Waals surface area contributed by atoms with Crippen LogP contribution in [0.4, 0.5) is 4.79 Å². The molecule has 0 radical (unpaired) electrons. The van der Waals surface area contributed by atoms with Gasteiger partial charge in [0, 0.05) is 4.88 Å². The lowest BCUT2D eigenvalue weighted by molar-refractivity contribution is 0.0331. The number of rotatable bonds is 3. The first-order valence-electron chi connectivity index (χ1n) is 5.44. The number of ether oxygens (including phenoxy) is 1. The van der Waals surface area contributed by atoms with Crippen LogP contribution in [0.1, 0.15) is 32.6 Å². The van der Waals surface area contributed by atoms with E-state index in [4.69, 9.17) is 4.74 Å². The van der Waals surface area contributed by atoms with E-state index in [0.29, 0.717) is 0 Å². The molecule has 1 aromatic rings. The molecule has 1 aromatic heterocycles. The van der Waals surface area contributed by atoms with Crippen molar-refractivity contribution in [3.8, 4) is 0 Å². The molecule has 1 amide bonds. The van der Waals surface area contributed by atoms with E-state index in [-0.39, 0.29) is 6.54 Å². The van der Waals surface area contributed by atoms with Gasteiger partial charge in [0.1, 0.15) is 11.2 Å². The molecule has 0 spiro atoms. The third-order valence-corrected chi connectivity index (χ3v) is 3.15.